The van der Waals surface area contributed by atoms with E-state index in [2.05, 4.69) is 29.7 Å². The van der Waals surface area contributed by atoms with E-state index in [1.165, 1.54) is 37.9 Å². The van der Waals surface area contributed by atoms with Crippen LogP contribution in [0.2, 0.25) is 0 Å². The number of aliphatic hydroxyl groups is 1. The summed E-state index contributed by atoms with van der Waals surface area (Å²) in [6.07, 6.45) is 3.42. The van der Waals surface area contributed by atoms with E-state index < -0.39 is 6.10 Å². The number of hydrogen-bond donors (Lipinski definition) is 1. The van der Waals surface area contributed by atoms with Gasteiger partial charge in [0.15, 0.2) is 0 Å². The first-order chi connectivity index (χ1) is 11.6. The molecule has 4 nitrogen and oxygen atoms in total. The van der Waals surface area contributed by atoms with Gasteiger partial charge in [-0.1, -0.05) is 32.0 Å². The van der Waals surface area contributed by atoms with E-state index in [0.29, 0.717) is 25.1 Å². The fraction of sp³-hybridized carbons (Fsp3) is 0.700. The predicted octanol–water partition coefficient (Wildman–Crippen LogP) is 2.72. The lowest BCUT2D eigenvalue weighted by atomic mass is 10.0. The minimum Gasteiger partial charge on any atom is -0.491 e. The summed E-state index contributed by atoms with van der Waals surface area (Å²) in [5, 5.41) is 10.4. The van der Waals surface area contributed by atoms with Crippen LogP contribution in [-0.4, -0.2) is 66.4 Å². The molecule has 2 heterocycles. The number of hydrogen-bond acceptors (Lipinski definition) is 4. The molecule has 0 aromatic heterocycles. The van der Waals surface area contributed by atoms with Crippen molar-refractivity contribution in [2.24, 2.45) is 0 Å². The molecule has 2 saturated heterocycles. The monoisotopic (exact) mass is 332 g/mol. The lowest BCUT2D eigenvalue weighted by Crippen LogP contribution is -2.41. The number of β-amino-alcohol motifs (C(OH)–C–C–N with tert-alkyl or cyclic N) is 1. The van der Waals surface area contributed by atoms with Crippen molar-refractivity contribution in [2.45, 2.75) is 51.2 Å². The van der Waals surface area contributed by atoms with Gasteiger partial charge in [0.05, 0.1) is 0 Å². The molecule has 0 saturated carbocycles. The Bertz CT molecular complexity index is 520. The predicted molar refractivity (Wildman–Crippen MR) is 97.7 cm³/mol. The normalized spacial score (nSPS) is 23.9. The van der Waals surface area contributed by atoms with E-state index in [0.717, 1.165) is 18.8 Å². The van der Waals surface area contributed by atoms with Crippen LogP contribution in [-0.2, 0) is 0 Å². The minimum atomic E-state index is -0.432. The van der Waals surface area contributed by atoms with E-state index in [9.17, 15) is 5.11 Å². The minimum absolute atomic E-state index is 0.370. The number of rotatable bonds is 6. The zero-order valence-corrected chi connectivity index (χ0v) is 15.2. The zero-order chi connectivity index (χ0) is 16.9. The first-order valence-corrected chi connectivity index (χ1v) is 9.49. The Hall–Kier alpha value is -1.10. The van der Waals surface area contributed by atoms with Crippen LogP contribution in [0.5, 0.6) is 5.75 Å². The molecule has 2 aliphatic heterocycles. The van der Waals surface area contributed by atoms with Gasteiger partial charge in [-0.05, 0) is 56.4 Å². The summed E-state index contributed by atoms with van der Waals surface area (Å²) in [7, 11) is 0. The summed E-state index contributed by atoms with van der Waals surface area (Å²) >= 11 is 0. The summed E-state index contributed by atoms with van der Waals surface area (Å²) in [5.74, 6) is 1.33. The Morgan fingerprint density at radius 2 is 1.96 bits per heavy atom. The van der Waals surface area contributed by atoms with Gasteiger partial charge in [-0.25, -0.2) is 0 Å². The fourth-order valence-electron chi connectivity index (χ4n) is 4.07. The number of nitrogens with zero attached hydrogens (tertiary/aromatic N) is 2. The Balaban J connectivity index is 1.50. The van der Waals surface area contributed by atoms with Crippen molar-refractivity contribution in [1.82, 2.24) is 9.80 Å². The van der Waals surface area contributed by atoms with Crippen molar-refractivity contribution in [1.29, 1.82) is 0 Å². The molecule has 1 aromatic rings. The van der Waals surface area contributed by atoms with Gasteiger partial charge in [-0.2, -0.15) is 0 Å². The second-order valence-electron chi connectivity index (χ2n) is 7.60. The second kappa shape index (κ2) is 8.32. The number of para-hydroxylation sites is 1. The molecule has 0 spiro atoms. The van der Waals surface area contributed by atoms with Crippen LogP contribution < -0.4 is 4.74 Å². The average Bonchev–Trinajstić information content (AvgIpc) is 2.91. The van der Waals surface area contributed by atoms with E-state index >= 15 is 0 Å². The van der Waals surface area contributed by atoms with Gasteiger partial charge in [0.2, 0.25) is 0 Å². The maximum Gasteiger partial charge on any atom is 0.122 e. The maximum absolute atomic E-state index is 10.4. The summed E-state index contributed by atoms with van der Waals surface area (Å²) in [6, 6.07) is 8.85. The summed E-state index contributed by atoms with van der Waals surface area (Å²) < 4.78 is 5.93. The van der Waals surface area contributed by atoms with Gasteiger partial charge in [0.1, 0.15) is 18.5 Å². The van der Waals surface area contributed by atoms with Crippen LogP contribution >= 0.6 is 0 Å². The fourth-order valence-corrected chi connectivity index (χ4v) is 4.07. The molecule has 3 rings (SSSR count). The number of aliphatic hydroxyl groups excluding tert-OH is 1. The van der Waals surface area contributed by atoms with Gasteiger partial charge in [-0.15, -0.1) is 0 Å². The third-order valence-corrected chi connectivity index (χ3v) is 5.33. The molecule has 24 heavy (non-hydrogen) atoms. The van der Waals surface area contributed by atoms with Gasteiger partial charge in [-0.3, -0.25) is 9.80 Å². The van der Waals surface area contributed by atoms with E-state index in [-0.39, 0.29) is 0 Å². The topological polar surface area (TPSA) is 35.9 Å². The molecule has 2 atom stereocenters. The number of benzene rings is 1. The number of ether oxygens (including phenoxy) is 1. The molecule has 1 aromatic carbocycles. The molecule has 0 amide bonds. The van der Waals surface area contributed by atoms with Crippen LogP contribution in [0.15, 0.2) is 24.3 Å². The van der Waals surface area contributed by atoms with E-state index in [1.807, 2.05) is 18.2 Å². The van der Waals surface area contributed by atoms with E-state index in [1.54, 1.807) is 0 Å². The quantitative estimate of drug-likeness (QED) is 0.869. The van der Waals surface area contributed by atoms with Crippen molar-refractivity contribution >= 4 is 0 Å². The van der Waals surface area contributed by atoms with Crippen molar-refractivity contribution < 1.29 is 9.84 Å². The highest BCUT2D eigenvalue weighted by atomic mass is 16.5. The Morgan fingerprint density at radius 1 is 1.17 bits per heavy atom. The molecule has 0 bridgehead atoms. The molecule has 2 fully saturated rings. The molecular weight excluding hydrogens is 300 g/mol. The maximum atomic E-state index is 10.4. The third kappa shape index (κ3) is 4.50. The SMILES string of the molecule is CC(C)c1ccccc1OC[C@@H](O)CN1CCCN2CCC[C@H]2C1. The van der Waals surface area contributed by atoms with Gasteiger partial charge in [0, 0.05) is 19.1 Å². The molecular formula is C20H32N2O2. The highest BCUT2D eigenvalue weighted by Gasteiger charge is 2.29. The van der Waals surface area contributed by atoms with Crippen LogP contribution in [0.25, 0.3) is 0 Å². The smallest absolute Gasteiger partial charge is 0.122 e. The molecule has 0 aliphatic carbocycles. The first-order valence-electron chi connectivity index (χ1n) is 9.49. The average molecular weight is 332 g/mol. The summed E-state index contributed by atoms with van der Waals surface area (Å²) in [6.45, 7) is 10.1. The highest BCUT2D eigenvalue weighted by Crippen LogP contribution is 2.26. The lowest BCUT2D eigenvalue weighted by molar-refractivity contribution is 0.0654. The first kappa shape index (κ1) is 17.7. The van der Waals surface area contributed by atoms with Gasteiger partial charge >= 0.3 is 0 Å². The standard InChI is InChI=1S/C20H32N2O2/c1-16(2)19-8-3-4-9-20(19)24-15-18(23)14-21-10-6-12-22-11-5-7-17(22)13-21/h3-4,8-9,16-18,23H,5-7,10-15H2,1-2H3/t17-,18-/m0/s1. The van der Waals surface area contributed by atoms with E-state index in [4.69, 9.17) is 4.74 Å². The van der Waals surface area contributed by atoms with Crippen molar-refractivity contribution in [3.63, 3.8) is 0 Å². The second-order valence-corrected chi connectivity index (χ2v) is 7.60. The van der Waals surface area contributed by atoms with Crippen LogP contribution in [0.1, 0.15) is 44.6 Å². The number of fused-ring (bicyclic) bond motifs is 1. The molecule has 0 unspecified atom stereocenters. The third-order valence-electron chi connectivity index (χ3n) is 5.33. The molecule has 1 N–H and O–H groups in total. The van der Waals surface area contributed by atoms with Crippen molar-refractivity contribution in [3.05, 3.63) is 29.8 Å². The Kier molecular flexibility index (Phi) is 6.14. The lowest BCUT2D eigenvalue weighted by Gasteiger charge is -2.27. The van der Waals surface area contributed by atoms with Crippen molar-refractivity contribution in [3.8, 4) is 5.75 Å². The van der Waals surface area contributed by atoms with Gasteiger partial charge in [0.25, 0.3) is 0 Å². The molecule has 0 radical (unpaired) electrons. The molecule has 134 valence electrons. The Morgan fingerprint density at radius 3 is 2.79 bits per heavy atom. The van der Waals surface area contributed by atoms with Crippen LogP contribution in [0, 0.1) is 0 Å². The molecule has 2 aliphatic rings. The molecule has 4 heteroatoms. The van der Waals surface area contributed by atoms with Crippen LogP contribution in [0.3, 0.4) is 0 Å². The zero-order valence-electron chi connectivity index (χ0n) is 15.2. The summed E-state index contributed by atoms with van der Waals surface area (Å²) in [4.78, 5) is 5.06. The van der Waals surface area contributed by atoms with Crippen molar-refractivity contribution in [2.75, 3.05) is 39.3 Å². The Labute approximate surface area is 146 Å². The van der Waals surface area contributed by atoms with Gasteiger partial charge < -0.3 is 9.84 Å². The highest BCUT2D eigenvalue weighted by molar-refractivity contribution is 5.35. The van der Waals surface area contributed by atoms with Crippen LogP contribution in [0.4, 0.5) is 0 Å². The summed E-state index contributed by atoms with van der Waals surface area (Å²) in [5.41, 5.74) is 1.21. The largest absolute Gasteiger partial charge is 0.491 e.